The molecule has 1 saturated heterocycles. The van der Waals surface area contributed by atoms with Gasteiger partial charge in [0.25, 0.3) is 5.91 Å². The van der Waals surface area contributed by atoms with Crippen LogP contribution in [0.4, 0.5) is 0 Å². The monoisotopic (exact) mass is 353 g/mol. The van der Waals surface area contributed by atoms with Gasteiger partial charge >= 0.3 is 0 Å². The molecular formula is C19H23N5O2. The van der Waals surface area contributed by atoms with Gasteiger partial charge in [-0.05, 0) is 43.0 Å². The van der Waals surface area contributed by atoms with E-state index in [9.17, 15) is 9.59 Å². The molecule has 0 saturated carbocycles. The summed E-state index contributed by atoms with van der Waals surface area (Å²) < 4.78 is 0. The van der Waals surface area contributed by atoms with Gasteiger partial charge in [0.15, 0.2) is 0 Å². The molecule has 0 radical (unpaired) electrons. The highest BCUT2D eigenvalue weighted by atomic mass is 16.2. The van der Waals surface area contributed by atoms with Crippen molar-refractivity contribution in [2.24, 2.45) is 0 Å². The van der Waals surface area contributed by atoms with E-state index in [2.05, 4.69) is 33.0 Å². The molecule has 7 nitrogen and oxygen atoms in total. The van der Waals surface area contributed by atoms with Crippen LogP contribution in [-0.4, -0.2) is 46.5 Å². The number of fused-ring (bicyclic) bond motifs is 1. The number of aromatic nitrogens is 2. The number of hydrogen-bond acceptors (Lipinski definition) is 4. The summed E-state index contributed by atoms with van der Waals surface area (Å²) in [6, 6.07) is 10.2. The number of carbonyl (C=O) groups is 2. The molecule has 2 amide bonds. The van der Waals surface area contributed by atoms with Crippen molar-refractivity contribution in [3.05, 3.63) is 52.8 Å². The zero-order valence-corrected chi connectivity index (χ0v) is 14.6. The Morgan fingerprint density at radius 1 is 1.27 bits per heavy atom. The van der Waals surface area contributed by atoms with Gasteiger partial charge < -0.3 is 15.5 Å². The van der Waals surface area contributed by atoms with E-state index >= 15 is 0 Å². The standard InChI is InChI=1S/C19H23N5O2/c25-18(24-9-7-13-4-1-2-5-14(13)12-24)11-21-19(26)17-10-16(22-23-17)15-6-3-8-20-15/h1-2,4-5,10,15,20H,3,6-9,11-12H2,(H,21,26)(H,22,23). The van der Waals surface area contributed by atoms with Crippen molar-refractivity contribution in [2.75, 3.05) is 19.6 Å². The highest BCUT2D eigenvalue weighted by Gasteiger charge is 2.23. The molecule has 3 N–H and O–H groups in total. The van der Waals surface area contributed by atoms with Gasteiger partial charge in [-0.15, -0.1) is 0 Å². The molecule has 2 aliphatic rings. The van der Waals surface area contributed by atoms with Crippen LogP contribution < -0.4 is 10.6 Å². The molecular weight excluding hydrogens is 330 g/mol. The molecule has 1 aromatic carbocycles. The maximum absolute atomic E-state index is 12.4. The molecule has 1 aromatic heterocycles. The number of hydrogen-bond donors (Lipinski definition) is 3. The fraction of sp³-hybridized carbons (Fsp3) is 0.421. The van der Waals surface area contributed by atoms with E-state index in [0.29, 0.717) is 18.8 Å². The molecule has 1 unspecified atom stereocenters. The minimum absolute atomic E-state index is 0.00906. The van der Waals surface area contributed by atoms with Gasteiger partial charge in [-0.3, -0.25) is 14.7 Å². The summed E-state index contributed by atoms with van der Waals surface area (Å²) >= 11 is 0. The van der Waals surface area contributed by atoms with E-state index in [1.807, 2.05) is 12.1 Å². The first kappa shape index (κ1) is 16.8. The molecule has 1 atom stereocenters. The van der Waals surface area contributed by atoms with Crippen LogP contribution in [0.5, 0.6) is 0 Å². The average molecular weight is 353 g/mol. The first-order chi connectivity index (χ1) is 12.7. The first-order valence-electron chi connectivity index (χ1n) is 9.12. The van der Waals surface area contributed by atoms with Crippen molar-refractivity contribution in [3.8, 4) is 0 Å². The van der Waals surface area contributed by atoms with Gasteiger partial charge in [-0.25, -0.2) is 0 Å². The normalized spacial score (nSPS) is 19.2. The van der Waals surface area contributed by atoms with Gasteiger partial charge in [0, 0.05) is 19.1 Å². The Morgan fingerprint density at radius 3 is 2.92 bits per heavy atom. The van der Waals surface area contributed by atoms with Gasteiger partial charge in [0.2, 0.25) is 5.91 Å². The summed E-state index contributed by atoms with van der Waals surface area (Å²) in [5, 5.41) is 13.1. The zero-order chi connectivity index (χ0) is 17.9. The Bertz CT molecular complexity index is 810. The van der Waals surface area contributed by atoms with E-state index in [1.54, 1.807) is 11.0 Å². The number of benzene rings is 1. The molecule has 0 bridgehead atoms. The van der Waals surface area contributed by atoms with E-state index < -0.39 is 0 Å². The predicted octanol–water partition coefficient (Wildman–Crippen LogP) is 1.15. The van der Waals surface area contributed by atoms with Gasteiger partial charge in [-0.2, -0.15) is 5.10 Å². The summed E-state index contributed by atoms with van der Waals surface area (Å²) in [6.45, 7) is 2.26. The second-order valence-electron chi connectivity index (χ2n) is 6.87. The minimum atomic E-state index is -0.323. The molecule has 4 rings (SSSR count). The highest BCUT2D eigenvalue weighted by molar-refractivity contribution is 5.95. The summed E-state index contributed by atoms with van der Waals surface area (Å²) in [4.78, 5) is 26.5. The van der Waals surface area contributed by atoms with Crippen molar-refractivity contribution in [1.29, 1.82) is 0 Å². The number of amides is 2. The summed E-state index contributed by atoms with van der Waals surface area (Å²) in [6.07, 6.45) is 3.02. The average Bonchev–Trinajstić information content (AvgIpc) is 3.36. The van der Waals surface area contributed by atoms with E-state index in [1.165, 1.54) is 11.1 Å². The van der Waals surface area contributed by atoms with E-state index in [-0.39, 0.29) is 24.4 Å². The van der Waals surface area contributed by atoms with Crippen molar-refractivity contribution in [2.45, 2.75) is 31.8 Å². The Morgan fingerprint density at radius 2 is 2.12 bits per heavy atom. The lowest BCUT2D eigenvalue weighted by atomic mass is 10.00. The van der Waals surface area contributed by atoms with Crippen LogP contribution in [0.2, 0.25) is 0 Å². The molecule has 7 heteroatoms. The molecule has 0 spiro atoms. The van der Waals surface area contributed by atoms with Crippen LogP contribution in [0.1, 0.15) is 46.2 Å². The van der Waals surface area contributed by atoms with Crippen LogP contribution in [0, 0.1) is 0 Å². The molecule has 0 aliphatic carbocycles. The third-order valence-electron chi connectivity index (χ3n) is 5.15. The summed E-state index contributed by atoms with van der Waals surface area (Å²) in [7, 11) is 0. The topological polar surface area (TPSA) is 90.1 Å². The second kappa shape index (κ2) is 7.29. The number of carbonyl (C=O) groups excluding carboxylic acids is 2. The van der Waals surface area contributed by atoms with E-state index in [0.717, 1.165) is 31.5 Å². The highest BCUT2D eigenvalue weighted by Crippen LogP contribution is 2.21. The number of nitrogens with zero attached hydrogens (tertiary/aromatic N) is 2. The predicted molar refractivity (Wildman–Crippen MR) is 96.5 cm³/mol. The van der Waals surface area contributed by atoms with Gasteiger partial charge in [0.05, 0.1) is 12.2 Å². The quantitative estimate of drug-likeness (QED) is 0.769. The number of H-pyrrole nitrogens is 1. The number of rotatable bonds is 4. The van der Waals surface area contributed by atoms with Crippen LogP contribution in [-0.2, 0) is 17.8 Å². The minimum Gasteiger partial charge on any atom is -0.342 e. The van der Waals surface area contributed by atoms with Gasteiger partial charge in [-0.1, -0.05) is 24.3 Å². The Labute approximate surface area is 152 Å². The molecule has 3 heterocycles. The third-order valence-corrected chi connectivity index (χ3v) is 5.15. The molecule has 2 aromatic rings. The SMILES string of the molecule is O=C(NCC(=O)N1CCc2ccccc2C1)c1cc(C2CCCN2)[nH]n1. The van der Waals surface area contributed by atoms with Crippen LogP contribution in [0.15, 0.2) is 30.3 Å². The lowest BCUT2D eigenvalue weighted by Gasteiger charge is -2.28. The Kier molecular flexibility index (Phi) is 4.71. The fourth-order valence-electron chi connectivity index (χ4n) is 3.65. The lowest BCUT2D eigenvalue weighted by molar-refractivity contribution is -0.131. The van der Waals surface area contributed by atoms with Crippen LogP contribution >= 0.6 is 0 Å². The summed E-state index contributed by atoms with van der Waals surface area (Å²) in [5.74, 6) is -0.391. The van der Waals surface area contributed by atoms with Crippen LogP contribution in [0.25, 0.3) is 0 Å². The summed E-state index contributed by atoms with van der Waals surface area (Å²) in [5.41, 5.74) is 3.72. The zero-order valence-electron chi connectivity index (χ0n) is 14.6. The van der Waals surface area contributed by atoms with Crippen LogP contribution in [0.3, 0.4) is 0 Å². The van der Waals surface area contributed by atoms with Crippen molar-refractivity contribution >= 4 is 11.8 Å². The smallest absolute Gasteiger partial charge is 0.272 e. The molecule has 1 fully saturated rings. The van der Waals surface area contributed by atoms with Crippen molar-refractivity contribution in [3.63, 3.8) is 0 Å². The molecule has 26 heavy (non-hydrogen) atoms. The number of aromatic amines is 1. The fourth-order valence-corrected chi connectivity index (χ4v) is 3.65. The Hall–Kier alpha value is -2.67. The molecule has 2 aliphatic heterocycles. The van der Waals surface area contributed by atoms with Gasteiger partial charge in [0.1, 0.15) is 5.69 Å². The third kappa shape index (κ3) is 3.48. The van der Waals surface area contributed by atoms with Crippen molar-refractivity contribution in [1.82, 2.24) is 25.7 Å². The Balaban J connectivity index is 1.31. The number of nitrogens with one attached hydrogen (secondary N) is 3. The molecule has 136 valence electrons. The maximum Gasteiger partial charge on any atom is 0.272 e. The van der Waals surface area contributed by atoms with Crippen molar-refractivity contribution < 1.29 is 9.59 Å². The first-order valence-corrected chi connectivity index (χ1v) is 9.12. The maximum atomic E-state index is 12.4. The van der Waals surface area contributed by atoms with E-state index in [4.69, 9.17) is 0 Å². The lowest BCUT2D eigenvalue weighted by Crippen LogP contribution is -2.42. The largest absolute Gasteiger partial charge is 0.342 e. The second-order valence-corrected chi connectivity index (χ2v) is 6.87.